The van der Waals surface area contributed by atoms with Crippen LogP contribution in [-0.2, 0) is 6.54 Å². The maximum absolute atomic E-state index is 14.3. The van der Waals surface area contributed by atoms with E-state index in [1.54, 1.807) is 42.6 Å². The SMILES string of the molecule is COc1ncccc1-c1c(C(=O)O)n(Cc2ccc(F)cc2F)c2ccccc12. The molecule has 0 spiro atoms. The number of aromatic nitrogens is 2. The van der Waals surface area contributed by atoms with Gasteiger partial charge in [-0.2, -0.15) is 0 Å². The van der Waals surface area contributed by atoms with E-state index in [4.69, 9.17) is 4.74 Å². The summed E-state index contributed by atoms with van der Waals surface area (Å²) in [6.07, 6.45) is 1.55. The molecule has 5 nitrogen and oxygen atoms in total. The molecule has 0 atom stereocenters. The van der Waals surface area contributed by atoms with Crippen LogP contribution in [0, 0.1) is 11.6 Å². The average Bonchev–Trinajstić information content (AvgIpc) is 3.04. The molecule has 0 fully saturated rings. The summed E-state index contributed by atoms with van der Waals surface area (Å²) < 4.78 is 34.4. The van der Waals surface area contributed by atoms with Crippen molar-refractivity contribution in [2.45, 2.75) is 6.54 Å². The second kappa shape index (κ2) is 7.35. The number of benzene rings is 2. The van der Waals surface area contributed by atoms with Crippen molar-refractivity contribution in [1.82, 2.24) is 9.55 Å². The van der Waals surface area contributed by atoms with E-state index in [1.807, 2.05) is 0 Å². The zero-order chi connectivity index (χ0) is 20.5. The molecule has 0 aliphatic heterocycles. The highest BCUT2D eigenvalue weighted by Crippen LogP contribution is 2.39. The molecule has 0 bridgehead atoms. The average molecular weight is 394 g/mol. The third kappa shape index (κ3) is 3.20. The fourth-order valence-electron chi connectivity index (χ4n) is 3.53. The molecule has 0 amide bonds. The fraction of sp³-hybridized carbons (Fsp3) is 0.0909. The van der Waals surface area contributed by atoms with Gasteiger partial charge in [0.25, 0.3) is 0 Å². The van der Waals surface area contributed by atoms with E-state index in [-0.39, 0.29) is 23.7 Å². The minimum absolute atomic E-state index is 0.0266. The lowest BCUT2D eigenvalue weighted by molar-refractivity contribution is 0.0687. The van der Waals surface area contributed by atoms with Crippen molar-refractivity contribution in [2.24, 2.45) is 0 Å². The summed E-state index contributed by atoms with van der Waals surface area (Å²) in [5.41, 5.74) is 1.71. The number of pyridine rings is 1. The van der Waals surface area contributed by atoms with E-state index in [0.717, 1.165) is 12.1 Å². The minimum Gasteiger partial charge on any atom is -0.481 e. The Kier molecular flexibility index (Phi) is 4.72. The maximum Gasteiger partial charge on any atom is 0.353 e. The Morgan fingerprint density at radius 1 is 1.14 bits per heavy atom. The Morgan fingerprint density at radius 3 is 2.66 bits per heavy atom. The fourth-order valence-corrected chi connectivity index (χ4v) is 3.53. The van der Waals surface area contributed by atoms with Gasteiger partial charge in [-0.25, -0.2) is 18.6 Å². The lowest BCUT2D eigenvalue weighted by Crippen LogP contribution is -2.11. The summed E-state index contributed by atoms with van der Waals surface area (Å²) in [4.78, 5) is 16.5. The molecule has 0 radical (unpaired) electrons. The van der Waals surface area contributed by atoms with E-state index in [9.17, 15) is 18.7 Å². The van der Waals surface area contributed by atoms with Gasteiger partial charge in [0.15, 0.2) is 0 Å². The smallest absolute Gasteiger partial charge is 0.353 e. The normalized spacial score (nSPS) is 11.0. The molecule has 2 aromatic heterocycles. The van der Waals surface area contributed by atoms with Gasteiger partial charge < -0.3 is 14.4 Å². The van der Waals surface area contributed by atoms with Crippen LogP contribution in [-0.4, -0.2) is 27.7 Å². The number of carboxylic acids is 1. The van der Waals surface area contributed by atoms with Crippen LogP contribution in [0.5, 0.6) is 5.88 Å². The Morgan fingerprint density at radius 2 is 1.93 bits per heavy atom. The third-order valence-corrected chi connectivity index (χ3v) is 4.75. The van der Waals surface area contributed by atoms with Gasteiger partial charge in [0.05, 0.1) is 13.7 Å². The Labute approximate surface area is 164 Å². The number of carbonyl (C=O) groups is 1. The largest absolute Gasteiger partial charge is 0.481 e. The lowest BCUT2D eigenvalue weighted by atomic mass is 10.0. The van der Waals surface area contributed by atoms with Crippen LogP contribution < -0.4 is 4.74 Å². The number of methoxy groups -OCH3 is 1. The first kappa shape index (κ1) is 18.6. The van der Waals surface area contributed by atoms with Gasteiger partial charge >= 0.3 is 5.97 Å². The van der Waals surface area contributed by atoms with Crippen LogP contribution in [0.3, 0.4) is 0 Å². The molecule has 2 heterocycles. The van der Waals surface area contributed by atoms with Crippen molar-refractivity contribution < 1.29 is 23.4 Å². The number of carboxylic acid groups (broad SMARTS) is 1. The number of hydrogen-bond donors (Lipinski definition) is 1. The van der Waals surface area contributed by atoms with Crippen molar-refractivity contribution >= 4 is 16.9 Å². The van der Waals surface area contributed by atoms with Crippen LogP contribution in [0.2, 0.25) is 0 Å². The first-order chi connectivity index (χ1) is 14.0. The topological polar surface area (TPSA) is 64.3 Å². The van der Waals surface area contributed by atoms with Crippen LogP contribution in [0.1, 0.15) is 16.1 Å². The van der Waals surface area contributed by atoms with Gasteiger partial charge in [0.2, 0.25) is 5.88 Å². The summed E-state index contributed by atoms with van der Waals surface area (Å²) in [5, 5.41) is 10.7. The first-order valence-electron chi connectivity index (χ1n) is 8.79. The second-order valence-corrected chi connectivity index (χ2v) is 6.43. The molecular weight excluding hydrogens is 378 g/mol. The molecule has 146 valence electrons. The molecule has 0 saturated heterocycles. The van der Waals surface area contributed by atoms with Gasteiger partial charge in [-0.1, -0.05) is 24.3 Å². The summed E-state index contributed by atoms with van der Waals surface area (Å²) in [6, 6.07) is 13.8. The Bertz CT molecular complexity index is 1230. The van der Waals surface area contributed by atoms with E-state index in [0.29, 0.717) is 22.0 Å². The molecule has 29 heavy (non-hydrogen) atoms. The van der Waals surface area contributed by atoms with Crippen molar-refractivity contribution in [3.8, 4) is 17.0 Å². The van der Waals surface area contributed by atoms with Crippen LogP contribution in [0.4, 0.5) is 8.78 Å². The van der Waals surface area contributed by atoms with Gasteiger partial charge in [0.1, 0.15) is 17.3 Å². The summed E-state index contributed by atoms with van der Waals surface area (Å²) in [6.45, 7) is -0.0726. The first-order valence-corrected chi connectivity index (χ1v) is 8.79. The van der Waals surface area contributed by atoms with Crippen LogP contribution in [0.15, 0.2) is 60.8 Å². The Hall–Kier alpha value is -3.74. The minimum atomic E-state index is -1.18. The van der Waals surface area contributed by atoms with Gasteiger partial charge in [-0.3, -0.25) is 0 Å². The third-order valence-electron chi connectivity index (χ3n) is 4.75. The predicted octanol–water partition coefficient (Wildman–Crippen LogP) is 4.74. The van der Waals surface area contributed by atoms with Crippen LogP contribution >= 0.6 is 0 Å². The highest BCUT2D eigenvalue weighted by atomic mass is 19.1. The maximum atomic E-state index is 14.3. The monoisotopic (exact) mass is 394 g/mol. The highest BCUT2D eigenvalue weighted by Gasteiger charge is 2.26. The molecule has 7 heteroatoms. The molecule has 4 aromatic rings. The van der Waals surface area contributed by atoms with E-state index in [1.165, 1.54) is 17.7 Å². The van der Waals surface area contributed by atoms with Crippen molar-refractivity contribution in [3.05, 3.63) is 83.7 Å². The molecule has 4 rings (SSSR count). The highest BCUT2D eigenvalue weighted by molar-refractivity contribution is 6.08. The van der Waals surface area contributed by atoms with Gasteiger partial charge in [-0.15, -0.1) is 0 Å². The molecular formula is C22H16F2N2O3. The number of rotatable bonds is 5. The molecule has 0 aliphatic carbocycles. The number of hydrogen-bond acceptors (Lipinski definition) is 3. The molecule has 0 aliphatic rings. The van der Waals surface area contributed by atoms with E-state index < -0.39 is 17.6 Å². The van der Waals surface area contributed by atoms with E-state index >= 15 is 0 Å². The quantitative estimate of drug-likeness (QED) is 0.531. The lowest BCUT2D eigenvalue weighted by Gasteiger charge is -2.11. The van der Waals surface area contributed by atoms with Crippen molar-refractivity contribution in [3.63, 3.8) is 0 Å². The number of halogens is 2. The molecule has 1 N–H and O–H groups in total. The molecule has 0 unspecified atom stereocenters. The second-order valence-electron chi connectivity index (χ2n) is 6.43. The zero-order valence-electron chi connectivity index (χ0n) is 15.4. The van der Waals surface area contributed by atoms with Crippen molar-refractivity contribution in [1.29, 1.82) is 0 Å². The van der Waals surface area contributed by atoms with Crippen LogP contribution in [0.25, 0.3) is 22.0 Å². The number of nitrogens with zero attached hydrogens (tertiary/aromatic N) is 2. The Balaban J connectivity index is 2.03. The van der Waals surface area contributed by atoms with Crippen molar-refractivity contribution in [2.75, 3.05) is 7.11 Å². The number of ether oxygens (including phenoxy) is 1. The zero-order valence-corrected chi connectivity index (χ0v) is 15.4. The number of aromatic carboxylic acids is 1. The summed E-state index contributed by atoms with van der Waals surface area (Å²) >= 11 is 0. The van der Waals surface area contributed by atoms with Gasteiger partial charge in [-0.05, 0) is 24.3 Å². The summed E-state index contributed by atoms with van der Waals surface area (Å²) in [5.74, 6) is -2.32. The molecule has 0 saturated carbocycles. The van der Waals surface area contributed by atoms with E-state index in [2.05, 4.69) is 4.98 Å². The standard InChI is InChI=1S/C22H16F2N2O3/c1-29-21-16(6-4-10-25-21)19-15-5-2-3-7-18(15)26(20(19)22(27)28)12-13-8-9-14(23)11-17(13)24/h2-11H,12H2,1H3,(H,27,28). The number of fused-ring (bicyclic) bond motifs is 1. The molecule has 2 aromatic carbocycles. The van der Waals surface area contributed by atoms with Gasteiger partial charge in [0, 0.05) is 39.9 Å². The summed E-state index contributed by atoms with van der Waals surface area (Å²) in [7, 11) is 1.46. The predicted molar refractivity (Wildman–Crippen MR) is 104 cm³/mol. The number of para-hydroxylation sites is 1.